The van der Waals surface area contributed by atoms with E-state index in [1.165, 1.54) is 16.7 Å². The van der Waals surface area contributed by atoms with E-state index >= 15 is 0 Å². The molecule has 4 nitrogen and oxygen atoms in total. The number of rotatable bonds is 6. The molecule has 0 amide bonds. The number of hydrogen-bond donors (Lipinski definition) is 0. The number of epoxide rings is 2. The van der Waals surface area contributed by atoms with Gasteiger partial charge in [0.2, 0.25) is 0 Å². The van der Waals surface area contributed by atoms with Gasteiger partial charge < -0.3 is 18.9 Å². The fraction of sp³-hybridized carbons (Fsp3) is 0.429. The van der Waals surface area contributed by atoms with Crippen LogP contribution in [0.2, 0.25) is 0 Å². The Hall–Kier alpha value is -2.04. The van der Waals surface area contributed by atoms with Crippen LogP contribution in [0.3, 0.4) is 0 Å². The summed E-state index contributed by atoms with van der Waals surface area (Å²) in [4.78, 5) is 0. The van der Waals surface area contributed by atoms with E-state index in [-0.39, 0.29) is 12.2 Å². The van der Waals surface area contributed by atoms with Gasteiger partial charge in [0.1, 0.15) is 36.9 Å². The van der Waals surface area contributed by atoms with Crippen LogP contribution in [0.1, 0.15) is 16.7 Å². The highest BCUT2D eigenvalue weighted by molar-refractivity contribution is 5.97. The minimum atomic E-state index is 0.248. The molecule has 130 valence electrons. The van der Waals surface area contributed by atoms with Crippen molar-refractivity contribution in [1.29, 1.82) is 0 Å². The van der Waals surface area contributed by atoms with E-state index in [0.29, 0.717) is 13.2 Å². The van der Waals surface area contributed by atoms with Crippen molar-refractivity contribution < 1.29 is 18.9 Å². The zero-order valence-electron chi connectivity index (χ0n) is 14.4. The summed E-state index contributed by atoms with van der Waals surface area (Å²) in [5.74, 6) is 2.00. The molecule has 2 aliphatic heterocycles. The Morgan fingerprint density at radius 3 is 2.00 bits per heavy atom. The maximum Gasteiger partial charge on any atom is 0.131 e. The summed E-state index contributed by atoms with van der Waals surface area (Å²) in [7, 11) is 0. The summed E-state index contributed by atoms with van der Waals surface area (Å²) in [6, 6.07) is 6.51. The predicted octanol–water partition coefficient (Wildman–Crippen LogP) is 3.36. The Kier molecular flexibility index (Phi) is 3.68. The highest BCUT2D eigenvalue weighted by atomic mass is 16.6. The molecule has 0 N–H and O–H groups in total. The molecule has 0 aromatic heterocycles. The van der Waals surface area contributed by atoms with Crippen LogP contribution in [0.4, 0.5) is 0 Å². The normalized spacial score (nSPS) is 23.4. The summed E-state index contributed by atoms with van der Waals surface area (Å²) < 4.78 is 23.1. The fourth-order valence-corrected chi connectivity index (χ4v) is 3.49. The first-order valence-corrected chi connectivity index (χ1v) is 9.01. The number of aryl methyl sites for hydroxylation is 1. The Labute approximate surface area is 147 Å². The van der Waals surface area contributed by atoms with Crippen LogP contribution in [0.5, 0.6) is 11.5 Å². The van der Waals surface area contributed by atoms with E-state index in [9.17, 15) is 0 Å². The highest BCUT2D eigenvalue weighted by Crippen LogP contribution is 2.44. The van der Waals surface area contributed by atoms with Crippen molar-refractivity contribution in [2.75, 3.05) is 26.4 Å². The van der Waals surface area contributed by atoms with Gasteiger partial charge in [-0.25, -0.2) is 0 Å². The average Bonchev–Trinajstić information content (AvgIpc) is 3.53. The zero-order valence-corrected chi connectivity index (χ0v) is 14.4. The highest BCUT2D eigenvalue weighted by Gasteiger charge is 2.28. The van der Waals surface area contributed by atoms with Crippen molar-refractivity contribution in [3.63, 3.8) is 0 Å². The lowest BCUT2D eigenvalue weighted by Gasteiger charge is -2.23. The SMILES string of the molecule is Cc1ccc2c(OCC3CO3)c3c(c(OCC4CO4)c2c1)CC=CC3. The molecule has 4 heteroatoms. The van der Waals surface area contributed by atoms with Crippen LogP contribution in [-0.4, -0.2) is 38.6 Å². The maximum absolute atomic E-state index is 6.25. The van der Waals surface area contributed by atoms with Crippen LogP contribution in [0.25, 0.3) is 10.8 Å². The van der Waals surface area contributed by atoms with Gasteiger partial charge >= 0.3 is 0 Å². The van der Waals surface area contributed by atoms with E-state index < -0.39 is 0 Å². The van der Waals surface area contributed by atoms with Crippen molar-refractivity contribution >= 4 is 10.8 Å². The molecule has 25 heavy (non-hydrogen) atoms. The first-order chi connectivity index (χ1) is 12.3. The zero-order chi connectivity index (χ0) is 16.8. The van der Waals surface area contributed by atoms with Gasteiger partial charge in [-0.2, -0.15) is 0 Å². The smallest absolute Gasteiger partial charge is 0.131 e. The number of benzene rings is 2. The van der Waals surface area contributed by atoms with Crippen molar-refractivity contribution in [2.24, 2.45) is 0 Å². The van der Waals surface area contributed by atoms with Crippen LogP contribution in [0, 0.1) is 6.92 Å². The summed E-state index contributed by atoms with van der Waals surface area (Å²) in [5.41, 5.74) is 3.74. The molecule has 1 aliphatic carbocycles. The molecular formula is C21H22O4. The van der Waals surface area contributed by atoms with Crippen molar-refractivity contribution in [3.8, 4) is 11.5 Å². The Bertz CT molecular complexity index is 847. The lowest BCUT2D eigenvalue weighted by molar-refractivity contribution is 0.258. The second-order valence-corrected chi connectivity index (χ2v) is 7.08. The predicted molar refractivity (Wildman–Crippen MR) is 95.7 cm³/mol. The lowest BCUT2D eigenvalue weighted by atomic mass is 9.90. The van der Waals surface area contributed by atoms with Gasteiger partial charge in [-0.3, -0.25) is 0 Å². The van der Waals surface area contributed by atoms with Gasteiger partial charge in [-0.05, 0) is 25.8 Å². The summed E-state index contributed by atoms with van der Waals surface area (Å²) >= 11 is 0. The summed E-state index contributed by atoms with van der Waals surface area (Å²) in [5, 5.41) is 2.27. The molecule has 0 saturated carbocycles. The molecule has 5 rings (SSSR count). The number of ether oxygens (including phenoxy) is 4. The third kappa shape index (κ3) is 3.00. The molecule has 2 saturated heterocycles. The fourth-order valence-electron chi connectivity index (χ4n) is 3.49. The van der Waals surface area contributed by atoms with E-state index in [2.05, 4.69) is 37.3 Å². The van der Waals surface area contributed by atoms with Crippen molar-refractivity contribution in [3.05, 3.63) is 47.0 Å². The average molecular weight is 338 g/mol. The third-order valence-corrected chi connectivity index (χ3v) is 5.02. The monoisotopic (exact) mass is 338 g/mol. The molecule has 0 spiro atoms. The molecule has 3 aliphatic rings. The van der Waals surface area contributed by atoms with Crippen LogP contribution < -0.4 is 9.47 Å². The van der Waals surface area contributed by atoms with Gasteiger partial charge in [-0.1, -0.05) is 29.8 Å². The van der Waals surface area contributed by atoms with E-state index in [4.69, 9.17) is 18.9 Å². The van der Waals surface area contributed by atoms with Crippen LogP contribution in [0.15, 0.2) is 30.4 Å². The Morgan fingerprint density at radius 1 is 0.880 bits per heavy atom. The molecule has 0 radical (unpaired) electrons. The topological polar surface area (TPSA) is 43.5 Å². The van der Waals surface area contributed by atoms with Crippen molar-refractivity contribution in [1.82, 2.24) is 0 Å². The summed E-state index contributed by atoms with van der Waals surface area (Å²) in [6.07, 6.45) is 6.71. The lowest BCUT2D eigenvalue weighted by Crippen LogP contribution is -2.12. The second-order valence-electron chi connectivity index (χ2n) is 7.08. The third-order valence-electron chi connectivity index (χ3n) is 5.02. The maximum atomic E-state index is 6.25. The molecule has 2 atom stereocenters. The molecule has 2 fully saturated rings. The first-order valence-electron chi connectivity index (χ1n) is 9.01. The number of hydrogen-bond acceptors (Lipinski definition) is 4. The summed E-state index contributed by atoms with van der Waals surface area (Å²) in [6.45, 7) is 4.97. The number of fused-ring (bicyclic) bond motifs is 2. The van der Waals surface area contributed by atoms with Gasteiger partial charge in [0.05, 0.1) is 13.2 Å². The number of allylic oxidation sites excluding steroid dienone is 2. The molecule has 0 bridgehead atoms. The molecular weight excluding hydrogens is 316 g/mol. The van der Waals surface area contributed by atoms with Gasteiger partial charge in [-0.15, -0.1) is 0 Å². The molecule has 2 aromatic rings. The van der Waals surface area contributed by atoms with Gasteiger partial charge in [0, 0.05) is 21.9 Å². The van der Waals surface area contributed by atoms with E-state index in [1.807, 2.05) is 0 Å². The molecule has 2 heterocycles. The Morgan fingerprint density at radius 2 is 1.44 bits per heavy atom. The second kappa shape index (κ2) is 6.04. The standard InChI is InChI=1S/C21H22O4/c1-13-6-7-18-19(8-13)21(25-12-15-10-23-15)17-5-3-2-4-16(17)20(18)24-11-14-9-22-14/h2-3,6-8,14-15H,4-5,9-12H2,1H3. The van der Waals surface area contributed by atoms with E-state index in [0.717, 1.165) is 48.3 Å². The van der Waals surface area contributed by atoms with Crippen LogP contribution in [-0.2, 0) is 22.3 Å². The van der Waals surface area contributed by atoms with E-state index in [1.54, 1.807) is 0 Å². The molecule has 2 aromatic carbocycles. The largest absolute Gasteiger partial charge is 0.490 e. The minimum Gasteiger partial charge on any atom is -0.490 e. The van der Waals surface area contributed by atoms with Gasteiger partial charge in [0.15, 0.2) is 0 Å². The van der Waals surface area contributed by atoms with Crippen LogP contribution >= 0.6 is 0 Å². The van der Waals surface area contributed by atoms with Crippen molar-refractivity contribution in [2.45, 2.75) is 32.0 Å². The molecule has 2 unspecified atom stereocenters. The minimum absolute atomic E-state index is 0.248. The Balaban J connectivity index is 1.64. The first kappa shape index (κ1) is 15.2. The quantitative estimate of drug-likeness (QED) is 0.598. The van der Waals surface area contributed by atoms with Gasteiger partial charge in [0.25, 0.3) is 0 Å².